The summed E-state index contributed by atoms with van der Waals surface area (Å²) in [7, 11) is -3.67. The zero-order valence-corrected chi connectivity index (χ0v) is 19.9. The van der Waals surface area contributed by atoms with Crippen LogP contribution in [0.3, 0.4) is 0 Å². The van der Waals surface area contributed by atoms with Crippen molar-refractivity contribution in [1.29, 1.82) is 0 Å². The van der Waals surface area contributed by atoms with Crippen LogP contribution in [0, 0.1) is 0 Å². The van der Waals surface area contributed by atoms with Gasteiger partial charge >= 0.3 is 0 Å². The smallest absolute Gasteiger partial charge is 0.265 e. The zero-order chi connectivity index (χ0) is 21.8. The molecule has 0 bridgehead atoms. The molecule has 4 heterocycles. The van der Waals surface area contributed by atoms with Gasteiger partial charge in [0.15, 0.2) is 0 Å². The summed E-state index contributed by atoms with van der Waals surface area (Å²) < 4.78 is 32.9. The van der Waals surface area contributed by atoms with Gasteiger partial charge in [-0.05, 0) is 11.4 Å². The highest BCUT2D eigenvalue weighted by molar-refractivity contribution is 7.99. The Kier molecular flexibility index (Phi) is 7.55. The molecule has 31 heavy (non-hydrogen) atoms. The van der Waals surface area contributed by atoms with Crippen LogP contribution in [-0.4, -0.2) is 123 Å². The Bertz CT molecular complexity index is 886. The number of hydrogen-bond acceptors (Lipinski definition) is 8. The maximum absolute atomic E-state index is 13.1. The second-order valence-electron chi connectivity index (χ2n) is 7.69. The standard InChI is InChI=1S/C19H28N4O5S3/c24-17(15-20-6-10-28-11-7-20)21-2-4-22(5-3-21)19(25)18-16(1-12-30-18)31(26,27)23-8-13-29-14-9-23/h1,12H,2-11,13-15H2. The van der Waals surface area contributed by atoms with E-state index in [9.17, 15) is 18.0 Å². The topological polar surface area (TPSA) is 90.5 Å². The highest BCUT2D eigenvalue weighted by atomic mass is 32.2. The first-order chi connectivity index (χ1) is 15.0. The van der Waals surface area contributed by atoms with Gasteiger partial charge < -0.3 is 14.5 Å². The lowest BCUT2D eigenvalue weighted by atomic mass is 10.2. The Morgan fingerprint density at radius 3 is 2.26 bits per heavy atom. The summed E-state index contributed by atoms with van der Waals surface area (Å²) in [4.78, 5) is 31.6. The molecule has 4 rings (SSSR count). The minimum Gasteiger partial charge on any atom is -0.379 e. The van der Waals surface area contributed by atoms with E-state index in [0.29, 0.717) is 59.0 Å². The summed E-state index contributed by atoms with van der Waals surface area (Å²) in [6.07, 6.45) is 0. The minimum absolute atomic E-state index is 0.0661. The zero-order valence-electron chi connectivity index (χ0n) is 17.4. The average molecular weight is 489 g/mol. The van der Waals surface area contributed by atoms with Crippen molar-refractivity contribution >= 4 is 44.9 Å². The van der Waals surface area contributed by atoms with Crippen LogP contribution >= 0.6 is 23.1 Å². The Morgan fingerprint density at radius 1 is 0.935 bits per heavy atom. The first-order valence-electron chi connectivity index (χ1n) is 10.5. The number of sulfonamides is 1. The highest BCUT2D eigenvalue weighted by Gasteiger charge is 2.34. The number of ether oxygens (including phenoxy) is 1. The Balaban J connectivity index is 1.36. The van der Waals surface area contributed by atoms with Gasteiger partial charge in [0.05, 0.1) is 19.8 Å². The fraction of sp³-hybridized carbons (Fsp3) is 0.684. The third-order valence-corrected chi connectivity index (χ3v) is 9.71. The van der Waals surface area contributed by atoms with Crippen LogP contribution < -0.4 is 0 Å². The Morgan fingerprint density at radius 2 is 1.58 bits per heavy atom. The monoisotopic (exact) mass is 488 g/mol. The van der Waals surface area contributed by atoms with E-state index in [1.165, 1.54) is 21.7 Å². The number of piperazine rings is 1. The molecule has 1 aromatic rings. The summed E-state index contributed by atoms with van der Waals surface area (Å²) in [6.45, 7) is 5.88. The number of carbonyl (C=O) groups is 2. The molecule has 3 saturated heterocycles. The second-order valence-corrected chi connectivity index (χ2v) is 11.7. The van der Waals surface area contributed by atoms with Gasteiger partial charge in [0.25, 0.3) is 5.91 Å². The van der Waals surface area contributed by atoms with Crippen molar-refractivity contribution in [2.45, 2.75) is 4.90 Å². The molecule has 0 atom stereocenters. The van der Waals surface area contributed by atoms with Gasteiger partial charge in [-0.15, -0.1) is 11.3 Å². The molecule has 0 N–H and O–H groups in total. The predicted molar refractivity (Wildman–Crippen MR) is 120 cm³/mol. The number of nitrogens with zero attached hydrogens (tertiary/aromatic N) is 4. The van der Waals surface area contributed by atoms with E-state index in [4.69, 9.17) is 4.74 Å². The highest BCUT2D eigenvalue weighted by Crippen LogP contribution is 2.28. The lowest BCUT2D eigenvalue weighted by molar-refractivity contribution is -0.134. The molecular weight excluding hydrogens is 460 g/mol. The molecule has 172 valence electrons. The van der Waals surface area contributed by atoms with Gasteiger partial charge in [-0.25, -0.2) is 8.42 Å². The number of rotatable bonds is 5. The van der Waals surface area contributed by atoms with Crippen molar-refractivity contribution in [1.82, 2.24) is 19.0 Å². The van der Waals surface area contributed by atoms with E-state index in [2.05, 4.69) is 4.90 Å². The molecule has 0 saturated carbocycles. The number of hydrogen-bond donors (Lipinski definition) is 0. The van der Waals surface area contributed by atoms with E-state index in [-0.39, 0.29) is 21.6 Å². The molecule has 3 aliphatic rings. The van der Waals surface area contributed by atoms with Crippen LogP contribution in [0.4, 0.5) is 0 Å². The van der Waals surface area contributed by atoms with Crippen molar-refractivity contribution in [3.05, 3.63) is 16.3 Å². The Hall–Kier alpha value is -1.18. The van der Waals surface area contributed by atoms with E-state index in [1.54, 1.807) is 26.9 Å². The van der Waals surface area contributed by atoms with Crippen molar-refractivity contribution < 1.29 is 22.7 Å². The first-order valence-corrected chi connectivity index (χ1v) is 14.0. The number of amides is 2. The number of thioether (sulfide) groups is 1. The van der Waals surface area contributed by atoms with Gasteiger partial charge in [0.2, 0.25) is 15.9 Å². The molecule has 0 spiro atoms. The third-order valence-electron chi connectivity index (χ3n) is 5.79. The lowest BCUT2D eigenvalue weighted by Crippen LogP contribution is -2.53. The Labute approximate surface area is 191 Å². The average Bonchev–Trinajstić information content (AvgIpc) is 3.31. The minimum atomic E-state index is -3.67. The molecule has 0 radical (unpaired) electrons. The third kappa shape index (κ3) is 5.25. The van der Waals surface area contributed by atoms with Crippen LogP contribution in [0.1, 0.15) is 9.67 Å². The molecule has 2 amide bonds. The molecule has 0 aliphatic carbocycles. The summed E-state index contributed by atoms with van der Waals surface area (Å²) in [5, 5.41) is 1.67. The molecule has 3 aliphatic heterocycles. The SMILES string of the molecule is O=C(CN1CCOCC1)N1CCN(C(=O)c2sccc2S(=O)(=O)N2CCSCC2)CC1. The number of morpholine rings is 1. The number of thiophene rings is 1. The van der Waals surface area contributed by atoms with Crippen molar-refractivity contribution in [3.63, 3.8) is 0 Å². The lowest BCUT2D eigenvalue weighted by Gasteiger charge is -2.36. The van der Waals surface area contributed by atoms with Crippen LogP contribution in [0.5, 0.6) is 0 Å². The van der Waals surface area contributed by atoms with Crippen LogP contribution in [0.2, 0.25) is 0 Å². The molecular formula is C19H28N4O5S3. The molecule has 0 unspecified atom stereocenters. The van der Waals surface area contributed by atoms with Crippen LogP contribution in [0.25, 0.3) is 0 Å². The molecule has 9 nitrogen and oxygen atoms in total. The van der Waals surface area contributed by atoms with Gasteiger partial charge in [-0.3, -0.25) is 14.5 Å². The van der Waals surface area contributed by atoms with Gasteiger partial charge in [-0.2, -0.15) is 16.1 Å². The maximum Gasteiger partial charge on any atom is 0.265 e. The summed E-state index contributed by atoms with van der Waals surface area (Å²) in [6, 6.07) is 1.54. The fourth-order valence-corrected chi connectivity index (χ4v) is 7.87. The quantitative estimate of drug-likeness (QED) is 0.581. The van der Waals surface area contributed by atoms with E-state index in [0.717, 1.165) is 24.6 Å². The van der Waals surface area contributed by atoms with E-state index in [1.807, 2.05) is 0 Å². The van der Waals surface area contributed by atoms with Gasteiger partial charge in [0.1, 0.15) is 9.77 Å². The first kappa shape index (κ1) is 23.0. The van der Waals surface area contributed by atoms with Crippen molar-refractivity contribution in [2.75, 3.05) is 83.6 Å². The largest absolute Gasteiger partial charge is 0.379 e. The van der Waals surface area contributed by atoms with E-state index < -0.39 is 10.0 Å². The van der Waals surface area contributed by atoms with Gasteiger partial charge in [0, 0.05) is 63.9 Å². The fourth-order valence-electron chi connectivity index (χ4n) is 3.94. The molecule has 0 aromatic carbocycles. The molecule has 3 fully saturated rings. The normalized spacial score (nSPS) is 21.9. The second kappa shape index (κ2) is 10.2. The number of carbonyl (C=O) groups excluding carboxylic acids is 2. The van der Waals surface area contributed by atoms with Crippen molar-refractivity contribution in [3.8, 4) is 0 Å². The van der Waals surface area contributed by atoms with Crippen LogP contribution in [-0.2, 0) is 19.6 Å². The molecule has 12 heteroatoms. The van der Waals surface area contributed by atoms with Crippen LogP contribution in [0.15, 0.2) is 16.3 Å². The van der Waals surface area contributed by atoms with Crippen molar-refractivity contribution in [2.24, 2.45) is 0 Å². The predicted octanol–water partition coefficient (Wildman–Crippen LogP) is 0.102. The maximum atomic E-state index is 13.1. The summed E-state index contributed by atoms with van der Waals surface area (Å²) in [5.41, 5.74) is 0. The summed E-state index contributed by atoms with van der Waals surface area (Å²) >= 11 is 2.91. The van der Waals surface area contributed by atoms with Gasteiger partial charge in [-0.1, -0.05) is 0 Å². The molecule has 1 aromatic heterocycles. The van der Waals surface area contributed by atoms with E-state index >= 15 is 0 Å². The summed E-state index contributed by atoms with van der Waals surface area (Å²) in [5.74, 6) is 1.34.